The number of hydrogen-bond acceptors (Lipinski definition) is 5. The van der Waals surface area contributed by atoms with Gasteiger partial charge in [-0.1, -0.05) is 6.92 Å². The van der Waals surface area contributed by atoms with Crippen LogP contribution in [0.4, 0.5) is 4.39 Å². The summed E-state index contributed by atoms with van der Waals surface area (Å²) < 4.78 is 26.0. The first-order valence-electron chi connectivity index (χ1n) is 8.40. The second kappa shape index (κ2) is 5.39. The first-order valence-corrected chi connectivity index (χ1v) is 8.40. The van der Waals surface area contributed by atoms with E-state index in [0.29, 0.717) is 25.2 Å². The van der Waals surface area contributed by atoms with Gasteiger partial charge in [-0.05, 0) is 26.2 Å². The van der Waals surface area contributed by atoms with Crippen LogP contribution in [0.3, 0.4) is 0 Å². The number of hydrogen-bond donors (Lipinski definition) is 1. The molecule has 2 saturated heterocycles. The maximum absolute atomic E-state index is 13.1. The van der Waals surface area contributed by atoms with Gasteiger partial charge in [0.1, 0.15) is 12.2 Å². The molecule has 2 aromatic rings. The second-order valence-corrected chi connectivity index (χ2v) is 7.17. The lowest BCUT2D eigenvalue weighted by molar-refractivity contribution is -0.0235. The van der Waals surface area contributed by atoms with Crippen LogP contribution in [0.5, 0.6) is 5.88 Å². The number of aromatic nitrogens is 3. The van der Waals surface area contributed by atoms with Crippen molar-refractivity contribution in [3.63, 3.8) is 0 Å². The van der Waals surface area contributed by atoms with Crippen LogP contribution in [0.25, 0.3) is 5.78 Å². The summed E-state index contributed by atoms with van der Waals surface area (Å²) >= 11 is 0. The Morgan fingerprint density at radius 3 is 2.84 bits per heavy atom. The lowest BCUT2D eigenvalue weighted by Gasteiger charge is -2.41. The van der Waals surface area contributed by atoms with Crippen molar-refractivity contribution in [2.45, 2.75) is 50.2 Å². The number of fused-ring (bicyclic) bond motifs is 2. The molecule has 3 aliphatic rings. The maximum Gasteiger partial charge on any atom is 0.342 e. The van der Waals surface area contributed by atoms with Gasteiger partial charge in [-0.3, -0.25) is 4.40 Å². The molecule has 4 heterocycles. The van der Waals surface area contributed by atoms with Gasteiger partial charge in [-0.25, -0.2) is 14.2 Å². The number of aromatic carboxylic acids is 1. The topological polar surface area (TPSA) is 86.0 Å². The Kier molecular flexibility index (Phi) is 3.50. The van der Waals surface area contributed by atoms with Gasteiger partial charge in [0.25, 0.3) is 0 Å². The normalized spacial score (nSPS) is 28.8. The molecule has 1 saturated carbocycles. The molecule has 2 aromatic heterocycles. The summed E-state index contributed by atoms with van der Waals surface area (Å²) in [6, 6.07) is 0. The third kappa shape index (κ3) is 2.38. The van der Waals surface area contributed by atoms with Gasteiger partial charge in [0.05, 0.1) is 24.0 Å². The van der Waals surface area contributed by atoms with Crippen molar-refractivity contribution in [2.75, 3.05) is 13.3 Å². The van der Waals surface area contributed by atoms with E-state index >= 15 is 0 Å². The van der Waals surface area contributed by atoms with Crippen molar-refractivity contribution in [1.29, 1.82) is 0 Å². The minimum absolute atomic E-state index is 0.0105. The molecule has 2 aliphatic heterocycles. The number of rotatable bonds is 6. The Bertz CT molecular complexity index is 844. The molecule has 5 rings (SSSR count). The van der Waals surface area contributed by atoms with E-state index < -0.39 is 18.2 Å². The van der Waals surface area contributed by atoms with Crippen LogP contribution in [0, 0.1) is 0 Å². The fourth-order valence-corrected chi connectivity index (χ4v) is 3.74. The van der Waals surface area contributed by atoms with Crippen molar-refractivity contribution < 1.29 is 23.8 Å². The van der Waals surface area contributed by atoms with E-state index in [1.165, 1.54) is 6.20 Å². The van der Waals surface area contributed by atoms with Crippen molar-refractivity contribution in [3.05, 3.63) is 23.7 Å². The molecule has 0 spiro atoms. The van der Waals surface area contributed by atoms with Gasteiger partial charge < -0.3 is 14.6 Å². The summed E-state index contributed by atoms with van der Waals surface area (Å²) in [6.07, 6.45) is 5.01. The lowest BCUT2D eigenvalue weighted by atomic mass is 9.61. The Morgan fingerprint density at radius 2 is 2.24 bits per heavy atom. The molecule has 2 bridgehead atoms. The fraction of sp³-hybridized carbons (Fsp3) is 0.588. The van der Waals surface area contributed by atoms with Gasteiger partial charge >= 0.3 is 5.97 Å². The molecule has 0 unspecified atom stereocenters. The average molecular weight is 349 g/mol. The number of halogens is 1. The van der Waals surface area contributed by atoms with E-state index in [1.807, 2.05) is 13.8 Å². The molecule has 1 N–H and O–H groups in total. The van der Waals surface area contributed by atoms with Gasteiger partial charge in [0.2, 0.25) is 11.7 Å². The van der Waals surface area contributed by atoms with E-state index in [4.69, 9.17) is 9.47 Å². The van der Waals surface area contributed by atoms with Crippen LogP contribution in [0.2, 0.25) is 0 Å². The fourth-order valence-electron chi connectivity index (χ4n) is 3.74. The van der Waals surface area contributed by atoms with Crippen LogP contribution in [-0.2, 0) is 10.2 Å². The predicted octanol–water partition coefficient (Wildman–Crippen LogP) is 2.37. The van der Waals surface area contributed by atoms with Crippen LogP contribution in [0.15, 0.2) is 12.4 Å². The van der Waals surface area contributed by atoms with E-state index in [-0.39, 0.29) is 23.0 Å². The number of carbonyl (C=O) groups is 1. The summed E-state index contributed by atoms with van der Waals surface area (Å²) in [4.78, 5) is 20.4. The van der Waals surface area contributed by atoms with Crippen molar-refractivity contribution in [2.24, 2.45) is 0 Å². The smallest absolute Gasteiger partial charge is 0.342 e. The van der Waals surface area contributed by atoms with Crippen LogP contribution < -0.4 is 4.74 Å². The molecule has 1 aliphatic carbocycles. The highest BCUT2D eigenvalue weighted by Crippen LogP contribution is 2.58. The third-order valence-electron chi connectivity index (χ3n) is 5.29. The lowest BCUT2D eigenvalue weighted by Crippen LogP contribution is -2.48. The van der Waals surface area contributed by atoms with Crippen LogP contribution in [-0.4, -0.2) is 50.4 Å². The van der Waals surface area contributed by atoms with E-state index in [1.54, 1.807) is 10.6 Å². The molecule has 3 fully saturated rings. The second-order valence-electron chi connectivity index (χ2n) is 7.17. The zero-order valence-electron chi connectivity index (χ0n) is 14.2. The highest BCUT2D eigenvalue weighted by atomic mass is 19.1. The number of carboxylic acid groups (broad SMARTS) is 1. The predicted molar refractivity (Wildman–Crippen MR) is 85.9 cm³/mol. The number of alkyl halides is 1. The van der Waals surface area contributed by atoms with Gasteiger partial charge in [-0.2, -0.15) is 4.98 Å². The molecule has 7 nitrogen and oxygen atoms in total. The molecule has 0 amide bonds. The van der Waals surface area contributed by atoms with Crippen LogP contribution in [0.1, 0.15) is 49.2 Å². The van der Waals surface area contributed by atoms with E-state index in [2.05, 4.69) is 9.97 Å². The maximum atomic E-state index is 13.1. The summed E-state index contributed by atoms with van der Waals surface area (Å²) in [6.45, 7) is 3.75. The third-order valence-corrected chi connectivity index (χ3v) is 5.29. The van der Waals surface area contributed by atoms with Crippen molar-refractivity contribution >= 4 is 11.7 Å². The molecular weight excluding hydrogens is 329 g/mol. The average Bonchev–Trinajstić information content (AvgIpc) is 3.24. The Hall–Kier alpha value is -2.22. The van der Waals surface area contributed by atoms with Crippen molar-refractivity contribution in [1.82, 2.24) is 14.4 Å². The van der Waals surface area contributed by atoms with E-state index in [9.17, 15) is 14.3 Å². The first kappa shape index (κ1) is 16.3. The molecule has 134 valence electrons. The molecule has 0 radical (unpaired) electrons. The Labute approximate surface area is 143 Å². The van der Waals surface area contributed by atoms with E-state index in [0.717, 1.165) is 12.1 Å². The molecular formula is C17H20FN3O4. The minimum atomic E-state index is -1.11. The monoisotopic (exact) mass is 349 g/mol. The minimum Gasteiger partial charge on any atom is -0.477 e. The Morgan fingerprint density at radius 1 is 1.48 bits per heavy atom. The van der Waals surface area contributed by atoms with Crippen LogP contribution >= 0.6 is 0 Å². The Balaban J connectivity index is 1.73. The largest absolute Gasteiger partial charge is 0.477 e. The zero-order chi connectivity index (χ0) is 17.8. The van der Waals surface area contributed by atoms with Gasteiger partial charge in [0.15, 0.2) is 0 Å². The highest BCUT2D eigenvalue weighted by molar-refractivity contribution is 5.90. The SMILES string of the molecule is CC[C@@H](C)Oc1nc2nc(C34COC(CF)(C3)C4)cn2cc1C(=O)O. The highest BCUT2D eigenvalue weighted by Gasteiger charge is 2.64. The number of imidazole rings is 1. The number of carboxylic acids is 1. The summed E-state index contributed by atoms with van der Waals surface area (Å²) in [7, 11) is 0. The number of ether oxygens (including phenoxy) is 2. The first-order chi connectivity index (χ1) is 11.9. The summed E-state index contributed by atoms with van der Waals surface area (Å²) in [5.74, 6) is -0.666. The summed E-state index contributed by atoms with van der Waals surface area (Å²) in [5, 5.41) is 9.44. The van der Waals surface area contributed by atoms with Gasteiger partial charge in [0, 0.05) is 17.8 Å². The number of nitrogens with zero attached hydrogens (tertiary/aromatic N) is 3. The molecule has 1 atom stereocenters. The molecule has 8 heteroatoms. The zero-order valence-corrected chi connectivity index (χ0v) is 14.2. The van der Waals surface area contributed by atoms with Crippen molar-refractivity contribution in [3.8, 4) is 5.88 Å². The molecule has 0 aromatic carbocycles. The summed E-state index contributed by atoms with van der Waals surface area (Å²) in [5.41, 5.74) is -0.191. The molecule has 25 heavy (non-hydrogen) atoms. The standard InChI is InChI=1S/C17H20FN3O4/c1-3-10(2)25-13-11(14(22)23)4-21-5-12(19-15(21)20-13)16-6-17(7-16,8-18)24-9-16/h4-5,10H,3,6-9H2,1-2H3,(H,22,23)/t10-,16?,17?/m1/s1. The quantitative estimate of drug-likeness (QED) is 0.862. The van der Waals surface area contributed by atoms with Gasteiger partial charge in [-0.15, -0.1) is 0 Å².